The van der Waals surface area contributed by atoms with Gasteiger partial charge in [0.15, 0.2) is 0 Å². The molecule has 0 saturated carbocycles. The molecule has 0 aromatic heterocycles. The van der Waals surface area contributed by atoms with Gasteiger partial charge in [-0.3, -0.25) is 9.59 Å². The van der Waals surface area contributed by atoms with Crippen molar-refractivity contribution in [3.8, 4) is 5.75 Å². The summed E-state index contributed by atoms with van der Waals surface area (Å²) in [4.78, 5) is 24.2. The van der Waals surface area contributed by atoms with Crippen LogP contribution in [0.3, 0.4) is 0 Å². The van der Waals surface area contributed by atoms with Crippen molar-refractivity contribution in [3.63, 3.8) is 0 Å². The Morgan fingerprint density at radius 3 is 2.50 bits per heavy atom. The summed E-state index contributed by atoms with van der Waals surface area (Å²) in [6.45, 7) is -0.593. The van der Waals surface area contributed by atoms with E-state index in [1.165, 1.54) is 0 Å². The molecule has 5 nitrogen and oxygen atoms in total. The van der Waals surface area contributed by atoms with Crippen LogP contribution in [0.15, 0.2) is 29.2 Å². The lowest BCUT2D eigenvalue weighted by molar-refractivity contribution is -0.125. The normalized spacial score (nSPS) is 17.7. The zero-order valence-electron chi connectivity index (χ0n) is 9.62. The Bertz CT molecular complexity index is 509. The van der Waals surface area contributed by atoms with E-state index >= 15 is 0 Å². The highest BCUT2D eigenvalue weighted by molar-refractivity contribution is 8.18. The molecule has 1 N–H and O–H groups in total. The third-order valence-electron chi connectivity index (χ3n) is 2.43. The number of methoxy groups -OCH3 is 1. The molecule has 94 valence electrons. The maximum Gasteiger partial charge on any atom is 0.295 e. The number of benzene rings is 1. The zero-order chi connectivity index (χ0) is 13.1. The summed E-state index contributed by atoms with van der Waals surface area (Å²) < 4.78 is 5.02. The van der Waals surface area contributed by atoms with Gasteiger partial charge in [-0.25, -0.2) is 4.90 Å². The molecule has 0 atom stereocenters. The topological polar surface area (TPSA) is 66.8 Å². The first-order chi connectivity index (χ1) is 8.65. The fourth-order valence-electron chi connectivity index (χ4n) is 1.47. The monoisotopic (exact) mass is 265 g/mol. The molecule has 1 aliphatic heterocycles. The van der Waals surface area contributed by atoms with Crippen molar-refractivity contribution >= 4 is 29.0 Å². The molecule has 2 rings (SSSR count). The number of rotatable bonds is 3. The van der Waals surface area contributed by atoms with E-state index in [2.05, 4.69) is 0 Å². The molecular weight excluding hydrogens is 254 g/mol. The molecule has 1 aliphatic rings. The second kappa shape index (κ2) is 5.24. The van der Waals surface area contributed by atoms with Gasteiger partial charge < -0.3 is 9.84 Å². The largest absolute Gasteiger partial charge is 0.497 e. The molecule has 1 saturated heterocycles. The van der Waals surface area contributed by atoms with Gasteiger partial charge in [-0.2, -0.15) is 0 Å². The van der Waals surface area contributed by atoms with E-state index < -0.39 is 17.9 Å². The van der Waals surface area contributed by atoms with Crippen LogP contribution in [0.1, 0.15) is 5.56 Å². The lowest BCUT2D eigenvalue weighted by Crippen LogP contribution is -2.28. The smallest absolute Gasteiger partial charge is 0.295 e. The number of aliphatic hydroxyl groups excluding tert-OH is 1. The van der Waals surface area contributed by atoms with E-state index in [9.17, 15) is 9.59 Å². The summed E-state index contributed by atoms with van der Waals surface area (Å²) in [5, 5.41) is 8.43. The van der Waals surface area contributed by atoms with Crippen molar-refractivity contribution in [1.82, 2.24) is 4.90 Å². The Balaban J connectivity index is 2.23. The van der Waals surface area contributed by atoms with E-state index in [0.717, 1.165) is 28.0 Å². The molecule has 0 bridgehead atoms. The molecule has 1 aromatic rings. The van der Waals surface area contributed by atoms with Crippen molar-refractivity contribution in [3.05, 3.63) is 34.7 Å². The third kappa shape index (κ3) is 2.39. The van der Waals surface area contributed by atoms with Crippen molar-refractivity contribution in [1.29, 1.82) is 0 Å². The zero-order valence-corrected chi connectivity index (χ0v) is 10.4. The average Bonchev–Trinajstić information content (AvgIpc) is 2.65. The van der Waals surface area contributed by atoms with Crippen LogP contribution in [0.4, 0.5) is 4.79 Å². The molecule has 1 aromatic carbocycles. The summed E-state index contributed by atoms with van der Waals surface area (Å²) in [6.07, 6.45) is 1.61. The fraction of sp³-hybridized carbons (Fsp3) is 0.167. The first kappa shape index (κ1) is 12.7. The van der Waals surface area contributed by atoms with Gasteiger partial charge in [0.1, 0.15) is 12.5 Å². The Morgan fingerprint density at radius 1 is 1.33 bits per heavy atom. The summed E-state index contributed by atoms with van der Waals surface area (Å²) in [5.41, 5.74) is 0.791. The highest BCUT2D eigenvalue weighted by Gasteiger charge is 2.34. The number of hydrogen-bond donors (Lipinski definition) is 1. The predicted octanol–water partition coefficient (Wildman–Crippen LogP) is 1.68. The van der Waals surface area contributed by atoms with Crippen LogP contribution in [0, 0.1) is 0 Å². The van der Waals surface area contributed by atoms with Gasteiger partial charge in [0.05, 0.1) is 12.0 Å². The number of nitrogens with zero attached hydrogens (tertiary/aromatic N) is 1. The molecule has 18 heavy (non-hydrogen) atoms. The van der Waals surface area contributed by atoms with Gasteiger partial charge in [0.25, 0.3) is 11.1 Å². The van der Waals surface area contributed by atoms with Gasteiger partial charge >= 0.3 is 0 Å². The van der Waals surface area contributed by atoms with Crippen LogP contribution in [0.25, 0.3) is 6.08 Å². The molecule has 0 aliphatic carbocycles. The molecule has 1 fully saturated rings. The summed E-state index contributed by atoms with van der Waals surface area (Å²) in [7, 11) is 1.57. The van der Waals surface area contributed by atoms with Crippen molar-refractivity contribution < 1.29 is 19.4 Å². The number of carbonyl (C=O) groups is 2. The Morgan fingerprint density at radius 2 is 2.00 bits per heavy atom. The van der Waals surface area contributed by atoms with Gasteiger partial charge in [-0.05, 0) is 35.5 Å². The van der Waals surface area contributed by atoms with Crippen LogP contribution in [0.5, 0.6) is 5.75 Å². The maximum absolute atomic E-state index is 11.7. The number of imide groups is 1. The second-order valence-corrected chi connectivity index (χ2v) is 4.52. The van der Waals surface area contributed by atoms with Gasteiger partial charge in [0, 0.05) is 0 Å². The summed E-state index contributed by atoms with van der Waals surface area (Å²) >= 11 is 0.818. The van der Waals surface area contributed by atoms with E-state index in [1.54, 1.807) is 37.5 Å². The highest BCUT2D eigenvalue weighted by atomic mass is 32.2. The fourth-order valence-corrected chi connectivity index (χ4v) is 2.30. The van der Waals surface area contributed by atoms with Crippen LogP contribution >= 0.6 is 11.8 Å². The number of hydrogen-bond acceptors (Lipinski definition) is 5. The molecule has 0 unspecified atom stereocenters. The number of carbonyl (C=O) groups excluding carboxylic acids is 2. The predicted molar refractivity (Wildman–Crippen MR) is 67.9 cm³/mol. The average molecular weight is 265 g/mol. The number of ether oxygens (including phenoxy) is 1. The minimum Gasteiger partial charge on any atom is -0.497 e. The van der Waals surface area contributed by atoms with E-state index in [0.29, 0.717) is 4.91 Å². The van der Waals surface area contributed by atoms with Gasteiger partial charge in [-0.15, -0.1) is 0 Å². The van der Waals surface area contributed by atoms with Crippen LogP contribution in [-0.2, 0) is 4.79 Å². The third-order valence-corrected chi connectivity index (χ3v) is 3.34. The molecule has 2 amide bonds. The van der Waals surface area contributed by atoms with Crippen LogP contribution in [0.2, 0.25) is 0 Å². The van der Waals surface area contributed by atoms with Crippen LogP contribution < -0.4 is 4.74 Å². The second-order valence-electron chi connectivity index (χ2n) is 3.52. The van der Waals surface area contributed by atoms with Crippen molar-refractivity contribution in [2.45, 2.75) is 0 Å². The lowest BCUT2D eigenvalue weighted by Gasteiger charge is -2.05. The molecule has 6 heteroatoms. The maximum atomic E-state index is 11.7. The van der Waals surface area contributed by atoms with Crippen molar-refractivity contribution in [2.24, 2.45) is 0 Å². The minimum absolute atomic E-state index is 0.305. The van der Waals surface area contributed by atoms with E-state index in [4.69, 9.17) is 9.84 Å². The van der Waals surface area contributed by atoms with Gasteiger partial charge in [0.2, 0.25) is 0 Å². The minimum atomic E-state index is -0.593. The van der Waals surface area contributed by atoms with Gasteiger partial charge in [-0.1, -0.05) is 12.1 Å². The highest BCUT2D eigenvalue weighted by Crippen LogP contribution is 2.31. The molecule has 0 spiro atoms. The standard InChI is InChI=1S/C12H11NO4S/c1-17-9-4-2-8(3-5-9)6-10-11(15)13(7-14)12(16)18-10/h2-6,14H,7H2,1H3. The Labute approximate surface area is 108 Å². The number of aliphatic hydroxyl groups is 1. The number of amides is 2. The van der Waals surface area contributed by atoms with Crippen LogP contribution in [-0.4, -0.2) is 35.0 Å². The Hall–Kier alpha value is -1.79. The molecule has 1 heterocycles. The van der Waals surface area contributed by atoms with E-state index in [-0.39, 0.29) is 0 Å². The quantitative estimate of drug-likeness (QED) is 0.842. The molecule has 0 radical (unpaired) electrons. The van der Waals surface area contributed by atoms with Crippen molar-refractivity contribution in [2.75, 3.05) is 13.8 Å². The lowest BCUT2D eigenvalue weighted by atomic mass is 10.2. The first-order valence-corrected chi connectivity index (χ1v) is 5.97. The summed E-state index contributed by atoms with van der Waals surface area (Å²) in [5.74, 6) is 0.249. The SMILES string of the molecule is COc1ccc(C=C2SC(=O)N(CO)C2=O)cc1. The Kier molecular flexibility index (Phi) is 3.69. The number of thioether (sulfide) groups is 1. The summed E-state index contributed by atoms with van der Waals surface area (Å²) in [6, 6.07) is 7.10. The van der Waals surface area contributed by atoms with E-state index in [1.807, 2.05) is 0 Å². The first-order valence-electron chi connectivity index (χ1n) is 5.16. The molecular formula is C12H11NO4S.